The molecule has 1 aliphatic heterocycles. The van der Waals surface area contributed by atoms with Gasteiger partial charge in [0.2, 0.25) is 0 Å². The summed E-state index contributed by atoms with van der Waals surface area (Å²) in [4.78, 5) is 34.0. The lowest BCUT2D eigenvalue weighted by Gasteiger charge is -2.36. The Balaban J connectivity index is 1.68. The van der Waals surface area contributed by atoms with Gasteiger partial charge in [-0.3, -0.25) is 0 Å². The number of nitrogens with zero attached hydrogens (tertiary/aromatic N) is 6. The Labute approximate surface area is 211 Å². The number of aromatic nitrogens is 3. The van der Waals surface area contributed by atoms with Gasteiger partial charge in [-0.15, -0.1) is 4.91 Å². The Kier molecular flexibility index (Phi) is 6.97. The minimum absolute atomic E-state index is 0.132. The van der Waals surface area contributed by atoms with Gasteiger partial charge >= 0.3 is 12.3 Å². The Morgan fingerprint density at radius 3 is 2.63 bits per heavy atom. The van der Waals surface area contributed by atoms with Crippen LogP contribution in [-0.4, -0.2) is 51.2 Å². The molecule has 0 radical (unpaired) electrons. The summed E-state index contributed by atoms with van der Waals surface area (Å²) < 4.78 is 65.5. The fourth-order valence-electron chi connectivity index (χ4n) is 3.81. The molecule has 0 fully saturated rings. The van der Waals surface area contributed by atoms with Crippen molar-refractivity contribution in [2.45, 2.75) is 38.1 Å². The molecule has 200 valence electrons. The number of hydrogen-bond acceptors (Lipinski definition) is 9. The van der Waals surface area contributed by atoms with Crippen molar-refractivity contribution < 1.29 is 36.7 Å². The summed E-state index contributed by atoms with van der Waals surface area (Å²) in [6, 6.07) is 4.15. The monoisotopic (exact) mass is 537 g/mol. The van der Waals surface area contributed by atoms with Gasteiger partial charge in [-0.25, -0.2) is 34.5 Å². The van der Waals surface area contributed by atoms with Gasteiger partial charge in [0.05, 0.1) is 23.2 Å². The van der Waals surface area contributed by atoms with Gasteiger partial charge in [0.1, 0.15) is 17.2 Å². The average Bonchev–Trinajstić information content (AvgIpc) is 3.34. The van der Waals surface area contributed by atoms with Crippen LogP contribution in [0.1, 0.15) is 25.8 Å². The summed E-state index contributed by atoms with van der Waals surface area (Å²) in [6.45, 7) is 3.22. The fraction of sp³-hybridized carbons (Fsp3) is 0.318. The topological polar surface area (TPSA) is 155 Å². The van der Waals surface area contributed by atoms with E-state index in [4.69, 9.17) is 9.63 Å². The third kappa shape index (κ3) is 5.37. The van der Waals surface area contributed by atoms with Crippen LogP contribution in [0.3, 0.4) is 0 Å². The van der Waals surface area contributed by atoms with Crippen LogP contribution < -0.4 is 10.3 Å². The molecule has 1 aliphatic rings. The second-order valence-corrected chi connectivity index (χ2v) is 8.30. The van der Waals surface area contributed by atoms with Crippen molar-refractivity contribution in [3.05, 3.63) is 52.9 Å². The first kappa shape index (κ1) is 26.4. The Morgan fingerprint density at radius 1 is 1.26 bits per heavy atom. The first-order valence-electron chi connectivity index (χ1n) is 11.0. The quantitative estimate of drug-likeness (QED) is 0.260. The number of nitrogens with one attached hydrogen (secondary N) is 1. The zero-order valence-corrected chi connectivity index (χ0v) is 19.7. The van der Waals surface area contributed by atoms with E-state index in [1.807, 2.05) is 0 Å². The number of amides is 1. The largest absolute Gasteiger partial charge is 0.465 e. The number of hydrogen-bond donors (Lipinski definition) is 2. The zero-order valence-electron chi connectivity index (χ0n) is 19.7. The number of anilines is 1. The van der Waals surface area contributed by atoms with Crippen LogP contribution in [0.15, 0.2) is 51.5 Å². The molecule has 0 saturated heterocycles. The lowest BCUT2D eigenvalue weighted by molar-refractivity contribution is -0.208. The molecule has 0 spiro atoms. The SMILES string of the molecule is CCN(N=O)c1cnc(-c2cc(-c3ccc(F)c([C@]4(C)C[C@@H](C(F)(F)F)OC(NC(=O)O)=N4)c3)on2)cn1. The van der Waals surface area contributed by atoms with Crippen LogP contribution in [-0.2, 0) is 10.3 Å². The highest BCUT2D eigenvalue weighted by Gasteiger charge is 2.50. The van der Waals surface area contributed by atoms with Crippen LogP contribution in [0.4, 0.5) is 28.2 Å². The molecule has 3 heterocycles. The molecule has 2 aromatic heterocycles. The summed E-state index contributed by atoms with van der Waals surface area (Å²) in [5.41, 5.74) is -1.32. The first-order chi connectivity index (χ1) is 17.9. The molecule has 0 bridgehead atoms. The molecule has 4 rings (SSSR count). The predicted molar refractivity (Wildman–Crippen MR) is 123 cm³/mol. The van der Waals surface area contributed by atoms with Gasteiger partial charge < -0.3 is 14.4 Å². The van der Waals surface area contributed by atoms with Crippen molar-refractivity contribution in [1.29, 1.82) is 0 Å². The molecule has 3 aromatic rings. The van der Waals surface area contributed by atoms with Gasteiger partial charge in [-0.2, -0.15) is 13.2 Å². The van der Waals surface area contributed by atoms with Crippen LogP contribution in [0.2, 0.25) is 0 Å². The Hall–Kier alpha value is -4.63. The lowest BCUT2D eigenvalue weighted by atomic mass is 9.84. The van der Waals surface area contributed by atoms with Gasteiger partial charge in [0.15, 0.2) is 17.7 Å². The molecule has 1 amide bonds. The maximum Gasteiger partial charge on any atom is 0.425 e. The van der Waals surface area contributed by atoms with E-state index in [1.165, 1.54) is 37.5 Å². The van der Waals surface area contributed by atoms with Gasteiger partial charge in [-0.05, 0) is 32.0 Å². The summed E-state index contributed by atoms with van der Waals surface area (Å²) in [6.07, 6.45) is -7.16. The number of benzene rings is 1. The summed E-state index contributed by atoms with van der Waals surface area (Å²) in [5, 5.41) is 18.4. The van der Waals surface area contributed by atoms with Crippen LogP contribution >= 0.6 is 0 Å². The molecular formula is C22H19F4N7O5. The number of ether oxygens (including phenoxy) is 1. The number of halogens is 4. The van der Waals surface area contributed by atoms with Crippen LogP contribution in [0.25, 0.3) is 22.7 Å². The smallest absolute Gasteiger partial charge is 0.425 e. The lowest BCUT2D eigenvalue weighted by Crippen LogP contribution is -2.48. The molecule has 0 saturated carbocycles. The van der Waals surface area contributed by atoms with E-state index in [-0.39, 0.29) is 40.6 Å². The van der Waals surface area contributed by atoms with Crippen molar-refractivity contribution >= 4 is 17.9 Å². The summed E-state index contributed by atoms with van der Waals surface area (Å²) >= 11 is 0. The zero-order chi connectivity index (χ0) is 27.7. The number of carboxylic acid groups (broad SMARTS) is 1. The molecule has 38 heavy (non-hydrogen) atoms. The van der Waals surface area contributed by atoms with Gasteiger partial charge in [0.25, 0.3) is 6.02 Å². The number of amidine groups is 1. The van der Waals surface area contributed by atoms with Gasteiger partial charge in [-0.1, -0.05) is 5.16 Å². The van der Waals surface area contributed by atoms with Crippen molar-refractivity contribution in [2.75, 3.05) is 11.6 Å². The van der Waals surface area contributed by atoms with Crippen molar-refractivity contribution in [1.82, 2.24) is 20.4 Å². The minimum atomic E-state index is -4.87. The number of carbonyl (C=O) groups is 1. The maximum absolute atomic E-state index is 14.9. The average molecular weight is 537 g/mol. The Morgan fingerprint density at radius 2 is 2.03 bits per heavy atom. The van der Waals surface area contributed by atoms with Crippen molar-refractivity contribution in [2.24, 2.45) is 10.3 Å². The molecular weight excluding hydrogens is 518 g/mol. The summed E-state index contributed by atoms with van der Waals surface area (Å²) in [7, 11) is 0. The predicted octanol–water partition coefficient (Wildman–Crippen LogP) is 4.64. The molecule has 0 aliphatic carbocycles. The highest BCUT2D eigenvalue weighted by atomic mass is 19.4. The van der Waals surface area contributed by atoms with Crippen molar-refractivity contribution in [3.63, 3.8) is 0 Å². The van der Waals surface area contributed by atoms with Crippen LogP contribution in [0, 0.1) is 10.7 Å². The molecule has 0 unspecified atom stereocenters. The maximum atomic E-state index is 14.9. The number of nitroso groups, excluding NO2 is 1. The van der Waals surface area contributed by atoms with E-state index in [9.17, 15) is 27.3 Å². The summed E-state index contributed by atoms with van der Waals surface area (Å²) in [5.74, 6) is -0.520. The highest BCUT2D eigenvalue weighted by Crippen LogP contribution is 2.42. The van der Waals surface area contributed by atoms with E-state index in [0.29, 0.717) is 0 Å². The molecule has 2 N–H and O–H groups in total. The van der Waals surface area contributed by atoms with E-state index < -0.39 is 42.2 Å². The standard InChI is InChI=1S/C22H19F4N7O5/c1-3-33(32-36)18-10-27-15(9-28-18)14-7-16(38-31-14)11-4-5-13(23)12(6-11)21(2)8-17(22(24,25)26)37-19(30-21)29-20(34)35/h4-7,9-10,17H,3,8H2,1-2H3,(H,29,30)(H,34,35)/t17-,21-/m0/s1. The molecule has 2 atom stereocenters. The second-order valence-electron chi connectivity index (χ2n) is 8.30. The molecule has 1 aromatic carbocycles. The second kappa shape index (κ2) is 10.0. The van der Waals surface area contributed by atoms with Crippen molar-refractivity contribution in [3.8, 4) is 22.7 Å². The molecule has 12 nitrogen and oxygen atoms in total. The highest BCUT2D eigenvalue weighted by molar-refractivity contribution is 5.90. The van der Waals surface area contributed by atoms with Crippen LogP contribution in [0.5, 0.6) is 0 Å². The number of aliphatic imine (C=N–C) groups is 1. The Bertz CT molecular complexity index is 1380. The molecule has 16 heteroatoms. The number of rotatable bonds is 6. The third-order valence-corrected chi connectivity index (χ3v) is 5.67. The first-order valence-corrected chi connectivity index (χ1v) is 11.0. The third-order valence-electron chi connectivity index (χ3n) is 5.67. The van der Waals surface area contributed by atoms with E-state index in [1.54, 1.807) is 12.2 Å². The fourth-order valence-corrected chi connectivity index (χ4v) is 3.81. The normalized spacial score (nSPS) is 19.3. The van der Waals surface area contributed by atoms with Gasteiger partial charge in [0, 0.05) is 30.2 Å². The van der Waals surface area contributed by atoms with E-state index in [2.05, 4.69) is 30.1 Å². The number of alkyl halides is 3. The van der Waals surface area contributed by atoms with E-state index in [0.717, 1.165) is 11.1 Å². The van der Waals surface area contributed by atoms with E-state index >= 15 is 0 Å². The minimum Gasteiger partial charge on any atom is -0.465 e.